The van der Waals surface area contributed by atoms with Gasteiger partial charge in [0.1, 0.15) is 6.61 Å². The van der Waals surface area contributed by atoms with E-state index >= 15 is 0 Å². The largest absolute Gasteiger partial charge is 0.471 e. The Morgan fingerprint density at radius 2 is 2.27 bits per heavy atom. The number of nitrogens with zero attached hydrogens (tertiary/aromatic N) is 2. The van der Waals surface area contributed by atoms with Crippen LogP contribution in [0.25, 0.3) is 0 Å². The molecule has 0 saturated carbocycles. The molecule has 0 bridgehead atoms. The third-order valence-corrected chi connectivity index (χ3v) is 2.56. The van der Waals surface area contributed by atoms with Gasteiger partial charge in [-0.2, -0.15) is 5.10 Å². The van der Waals surface area contributed by atoms with E-state index in [0.29, 0.717) is 13.2 Å². The molecule has 9 heteroatoms. The minimum Gasteiger partial charge on any atom is -0.471 e. The minimum absolute atomic E-state index is 0.0547. The molecule has 0 fully saturated rings. The maximum absolute atomic E-state index is 11.1. The molecule has 2 rings (SSSR count). The van der Waals surface area contributed by atoms with E-state index in [-0.39, 0.29) is 16.5 Å². The van der Waals surface area contributed by atoms with Crippen LogP contribution in [0, 0.1) is 0 Å². The number of aromatic amines is 1. The van der Waals surface area contributed by atoms with Crippen LogP contribution in [0.3, 0.4) is 0 Å². The van der Waals surface area contributed by atoms with Crippen molar-refractivity contribution in [2.24, 2.45) is 10.3 Å². The van der Waals surface area contributed by atoms with Gasteiger partial charge in [0.05, 0.1) is 11.8 Å². The Hall–Kier alpha value is -1.61. The number of primary sulfonamides is 1. The van der Waals surface area contributed by atoms with Gasteiger partial charge in [-0.25, -0.2) is 13.6 Å². The molecule has 0 aromatic carbocycles. The van der Waals surface area contributed by atoms with E-state index in [1.54, 1.807) is 0 Å². The number of rotatable bonds is 2. The Morgan fingerprint density at radius 1 is 1.47 bits per heavy atom. The van der Waals surface area contributed by atoms with E-state index in [1.165, 1.54) is 6.20 Å². The van der Waals surface area contributed by atoms with Crippen LogP contribution in [0.4, 0.5) is 0 Å². The highest BCUT2D eigenvalue weighted by molar-refractivity contribution is 7.89. The number of sulfonamides is 1. The Balaban J connectivity index is 2.45. The highest BCUT2D eigenvalue weighted by Crippen LogP contribution is 2.13. The van der Waals surface area contributed by atoms with E-state index in [4.69, 9.17) is 14.7 Å². The van der Waals surface area contributed by atoms with E-state index in [9.17, 15) is 8.42 Å². The first-order valence-corrected chi connectivity index (χ1v) is 5.53. The summed E-state index contributed by atoms with van der Waals surface area (Å²) in [6.45, 7) is 0.625. The predicted octanol–water partition coefficient (Wildman–Crippen LogP) is -1.23. The van der Waals surface area contributed by atoms with Gasteiger partial charge in [-0.3, -0.25) is 5.10 Å². The molecule has 8 nitrogen and oxygen atoms in total. The Bertz CT molecular complexity index is 491. The number of nitrogens with one attached hydrogen (secondary N) is 1. The topological polar surface area (TPSA) is 120 Å². The predicted molar refractivity (Wildman–Crippen MR) is 48.4 cm³/mol. The number of nitrogens with two attached hydrogens (primary N) is 1. The lowest BCUT2D eigenvalue weighted by Crippen LogP contribution is -2.21. The van der Waals surface area contributed by atoms with Gasteiger partial charge in [0, 0.05) is 0 Å². The number of aromatic nitrogens is 2. The van der Waals surface area contributed by atoms with Gasteiger partial charge in [0.25, 0.3) is 15.9 Å². The zero-order chi connectivity index (χ0) is 10.9. The molecule has 2 heterocycles. The van der Waals surface area contributed by atoms with E-state index in [1.807, 2.05) is 0 Å². The molecule has 0 spiro atoms. The average molecular weight is 232 g/mol. The van der Waals surface area contributed by atoms with Crippen LogP contribution < -0.4 is 5.14 Å². The fourth-order valence-electron chi connectivity index (χ4n) is 1.08. The summed E-state index contributed by atoms with van der Waals surface area (Å²) in [6, 6.07) is 0. The fourth-order valence-corrected chi connectivity index (χ4v) is 1.70. The van der Waals surface area contributed by atoms with Gasteiger partial charge in [-0.15, -0.1) is 0 Å². The molecule has 0 atom stereocenters. The lowest BCUT2D eigenvalue weighted by Gasteiger charge is -2.12. The molecule has 0 saturated heterocycles. The summed E-state index contributed by atoms with van der Waals surface area (Å²) in [6.07, 6.45) is 1.26. The molecular weight excluding hydrogens is 224 g/mol. The van der Waals surface area contributed by atoms with Crippen molar-refractivity contribution in [2.75, 3.05) is 13.2 Å². The van der Waals surface area contributed by atoms with Crippen molar-refractivity contribution in [3.8, 4) is 0 Å². The summed E-state index contributed by atoms with van der Waals surface area (Å²) >= 11 is 0. The van der Waals surface area contributed by atoms with Crippen LogP contribution >= 0.6 is 0 Å². The van der Waals surface area contributed by atoms with Crippen molar-refractivity contribution >= 4 is 15.9 Å². The molecule has 0 amide bonds. The van der Waals surface area contributed by atoms with Crippen molar-refractivity contribution in [3.63, 3.8) is 0 Å². The molecule has 1 aromatic rings. The van der Waals surface area contributed by atoms with Crippen LogP contribution in [0.5, 0.6) is 0 Å². The molecule has 0 aliphatic carbocycles. The van der Waals surface area contributed by atoms with Crippen LogP contribution in [0.1, 0.15) is 5.56 Å². The van der Waals surface area contributed by atoms with E-state index in [2.05, 4.69) is 15.4 Å². The standard InChI is InChI=1S/C6H8N4O4S/c7-15(11,12)6-4(3-8-9-6)5-10-14-2-1-13-5/h3H,1-2H2,(H,8,9)(H2,7,11,12). The van der Waals surface area contributed by atoms with Gasteiger partial charge >= 0.3 is 0 Å². The molecule has 3 N–H and O–H groups in total. The average Bonchev–Trinajstić information content (AvgIpc) is 2.67. The third kappa shape index (κ3) is 1.92. The molecule has 0 radical (unpaired) electrons. The van der Waals surface area contributed by atoms with Gasteiger partial charge in [-0.1, -0.05) is 0 Å². The fraction of sp³-hybridized carbons (Fsp3) is 0.333. The second kappa shape index (κ2) is 3.51. The molecule has 1 aliphatic rings. The van der Waals surface area contributed by atoms with Crippen molar-refractivity contribution in [1.82, 2.24) is 10.2 Å². The highest BCUT2D eigenvalue weighted by Gasteiger charge is 2.23. The van der Waals surface area contributed by atoms with Gasteiger partial charge in [0.2, 0.25) is 0 Å². The number of ether oxygens (including phenoxy) is 1. The maximum atomic E-state index is 11.1. The second-order valence-electron chi connectivity index (χ2n) is 2.74. The minimum atomic E-state index is -3.87. The van der Waals surface area contributed by atoms with Gasteiger partial charge < -0.3 is 9.57 Å². The number of hydrogen-bond donors (Lipinski definition) is 2. The van der Waals surface area contributed by atoms with E-state index < -0.39 is 10.0 Å². The SMILES string of the molecule is NS(=O)(=O)c1[nH]ncc1C1=NOCCO1. The highest BCUT2D eigenvalue weighted by atomic mass is 32.2. The maximum Gasteiger partial charge on any atom is 0.262 e. The molecule has 1 aliphatic heterocycles. The zero-order valence-corrected chi connectivity index (χ0v) is 8.32. The summed E-state index contributed by atoms with van der Waals surface area (Å²) in [4.78, 5) is 4.76. The quantitative estimate of drug-likeness (QED) is 0.661. The van der Waals surface area contributed by atoms with Gasteiger partial charge in [0.15, 0.2) is 11.6 Å². The number of H-pyrrole nitrogens is 1. The summed E-state index contributed by atoms with van der Waals surface area (Å²) in [5.41, 5.74) is 0.164. The van der Waals surface area contributed by atoms with Crippen LogP contribution in [-0.2, 0) is 19.6 Å². The van der Waals surface area contributed by atoms with Crippen molar-refractivity contribution in [3.05, 3.63) is 11.8 Å². The Morgan fingerprint density at radius 3 is 2.87 bits per heavy atom. The Kier molecular flexibility index (Phi) is 2.32. The Labute approximate surface area is 85.1 Å². The summed E-state index contributed by atoms with van der Waals surface area (Å²) < 4.78 is 27.3. The molecule has 0 unspecified atom stereocenters. The first kappa shape index (κ1) is 9.93. The van der Waals surface area contributed by atoms with E-state index in [0.717, 1.165) is 0 Å². The summed E-state index contributed by atoms with van der Waals surface area (Å²) in [5.74, 6) is 0.0547. The van der Waals surface area contributed by atoms with Crippen LogP contribution in [-0.4, -0.2) is 37.7 Å². The van der Waals surface area contributed by atoms with Gasteiger partial charge in [-0.05, 0) is 5.16 Å². The van der Waals surface area contributed by atoms with Crippen molar-refractivity contribution in [2.45, 2.75) is 5.03 Å². The lowest BCUT2D eigenvalue weighted by molar-refractivity contribution is 0.0653. The first-order chi connectivity index (χ1) is 7.09. The lowest BCUT2D eigenvalue weighted by atomic mass is 10.3. The molecule has 82 valence electrons. The molecule has 1 aromatic heterocycles. The smallest absolute Gasteiger partial charge is 0.262 e. The molecular formula is C6H8N4O4S. The number of hydrogen-bond acceptors (Lipinski definition) is 6. The zero-order valence-electron chi connectivity index (χ0n) is 7.50. The van der Waals surface area contributed by atoms with Crippen molar-refractivity contribution < 1.29 is 18.0 Å². The van der Waals surface area contributed by atoms with Crippen LogP contribution in [0.15, 0.2) is 16.4 Å². The van der Waals surface area contributed by atoms with Crippen molar-refractivity contribution in [1.29, 1.82) is 0 Å². The summed E-state index contributed by atoms with van der Waals surface area (Å²) in [7, 11) is -3.87. The van der Waals surface area contributed by atoms with Crippen LogP contribution in [0.2, 0.25) is 0 Å². The normalized spacial score (nSPS) is 16.5. The number of oxime groups is 1. The monoisotopic (exact) mass is 232 g/mol. The second-order valence-corrected chi connectivity index (χ2v) is 4.23. The third-order valence-electron chi connectivity index (χ3n) is 1.68. The first-order valence-electron chi connectivity index (χ1n) is 3.98. The summed E-state index contributed by atoms with van der Waals surface area (Å²) in [5, 5.41) is 14.1. The molecule has 15 heavy (non-hydrogen) atoms.